The van der Waals surface area contributed by atoms with Crippen molar-refractivity contribution in [2.45, 2.75) is 50.7 Å². The predicted molar refractivity (Wildman–Crippen MR) is 78.3 cm³/mol. The highest BCUT2D eigenvalue weighted by Gasteiger charge is 2.47. The van der Waals surface area contributed by atoms with E-state index in [1.807, 2.05) is 4.90 Å². The quantitative estimate of drug-likeness (QED) is 0.764. The van der Waals surface area contributed by atoms with E-state index in [-0.39, 0.29) is 23.3 Å². The van der Waals surface area contributed by atoms with Crippen molar-refractivity contribution in [1.82, 2.24) is 9.21 Å². The lowest BCUT2D eigenvalue weighted by Gasteiger charge is -2.41. The first-order valence-corrected chi connectivity index (χ1v) is 9.48. The van der Waals surface area contributed by atoms with E-state index >= 15 is 0 Å². The highest BCUT2D eigenvalue weighted by molar-refractivity contribution is 7.89. The third kappa shape index (κ3) is 2.83. The van der Waals surface area contributed by atoms with Gasteiger partial charge in [-0.05, 0) is 32.6 Å². The fourth-order valence-electron chi connectivity index (χ4n) is 3.84. The second kappa shape index (κ2) is 5.52. The van der Waals surface area contributed by atoms with Crippen LogP contribution in [0.2, 0.25) is 0 Å². The normalized spacial score (nSPS) is 35.0. The molecule has 21 heavy (non-hydrogen) atoms. The highest BCUT2D eigenvalue weighted by atomic mass is 32.2. The number of hydrogen-bond acceptors (Lipinski definition) is 4. The van der Waals surface area contributed by atoms with Gasteiger partial charge in [0.2, 0.25) is 15.9 Å². The molecule has 3 saturated heterocycles. The molecule has 3 aliphatic heterocycles. The summed E-state index contributed by atoms with van der Waals surface area (Å²) < 4.78 is 31.6. The molecular formula is C14H24N2O4S. The van der Waals surface area contributed by atoms with Crippen LogP contribution in [0.15, 0.2) is 0 Å². The Bertz CT molecular complexity index is 521. The van der Waals surface area contributed by atoms with E-state index in [2.05, 4.69) is 0 Å². The molecule has 0 saturated carbocycles. The molecule has 0 unspecified atom stereocenters. The monoisotopic (exact) mass is 316 g/mol. The number of sulfonamides is 1. The molecule has 0 aliphatic carbocycles. The first-order chi connectivity index (χ1) is 9.96. The minimum Gasteiger partial charge on any atom is -0.373 e. The lowest BCUT2D eigenvalue weighted by Crippen LogP contribution is -2.50. The number of nitrogens with zero attached hydrogens (tertiary/aromatic N) is 2. The summed E-state index contributed by atoms with van der Waals surface area (Å²) in [5, 5.41) is 0. The zero-order valence-electron chi connectivity index (χ0n) is 12.6. The summed E-state index contributed by atoms with van der Waals surface area (Å²) in [6.45, 7) is 4.12. The van der Waals surface area contributed by atoms with Gasteiger partial charge in [0.15, 0.2) is 0 Å². The molecule has 1 amide bonds. The van der Waals surface area contributed by atoms with Gasteiger partial charge in [-0.1, -0.05) is 0 Å². The summed E-state index contributed by atoms with van der Waals surface area (Å²) >= 11 is 0. The average molecular weight is 316 g/mol. The van der Waals surface area contributed by atoms with Crippen LogP contribution < -0.4 is 0 Å². The van der Waals surface area contributed by atoms with Gasteiger partial charge >= 0.3 is 0 Å². The Morgan fingerprint density at radius 2 is 2.19 bits per heavy atom. The van der Waals surface area contributed by atoms with E-state index in [9.17, 15) is 13.2 Å². The van der Waals surface area contributed by atoms with Crippen LogP contribution in [0.1, 0.15) is 39.0 Å². The van der Waals surface area contributed by atoms with Gasteiger partial charge in [-0.2, -0.15) is 4.31 Å². The third-order valence-corrected chi connectivity index (χ3v) is 6.89. The SMILES string of the molecule is CCS(=O)(=O)N1CC[C@@]2(C[C@H](N3CCCC3=O)CCO2)C1. The Balaban J connectivity index is 1.70. The molecule has 3 fully saturated rings. The van der Waals surface area contributed by atoms with Crippen molar-refractivity contribution in [3.05, 3.63) is 0 Å². The third-order valence-electron chi connectivity index (χ3n) is 5.06. The smallest absolute Gasteiger partial charge is 0.222 e. The summed E-state index contributed by atoms with van der Waals surface area (Å²) in [7, 11) is -3.15. The number of hydrogen-bond donors (Lipinski definition) is 0. The van der Waals surface area contributed by atoms with Gasteiger partial charge < -0.3 is 9.64 Å². The second-order valence-electron chi connectivity index (χ2n) is 6.35. The molecule has 0 bridgehead atoms. The van der Waals surface area contributed by atoms with Gasteiger partial charge in [-0.3, -0.25) is 4.79 Å². The molecule has 1 spiro atoms. The molecule has 0 N–H and O–H groups in total. The van der Waals surface area contributed by atoms with Gasteiger partial charge in [0.1, 0.15) is 0 Å². The van der Waals surface area contributed by atoms with Crippen molar-refractivity contribution in [3.8, 4) is 0 Å². The number of rotatable bonds is 3. The molecule has 2 atom stereocenters. The first-order valence-electron chi connectivity index (χ1n) is 7.87. The van der Waals surface area contributed by atoms with Crippen LogP contribution in [-0.2, 0) is 19.6 Å². The number of amides is 1. The summed E-state index contributed by atoms with van der Waals surface area (Å²) in [4.78, 5) is 13.9. The van der Waals surface area contributed by atoms with Crippen LogP contribution in [0, 0.1) is 0 Å². The maximum Gasteiger partial charge on any atom is 0.222 e. The van der Waals surface area contributed by atoms with Crippen molar-refractivity contribution in [2.75, 3.05) is 32.0 Å². The summed E-state index contributed by atoms with van der Waals surface area (Å²) in [5.74, 6) is 0.380. The topological polar surface area (TPSA) is 66.9 Å². The van der Waals surface area contributed by atoms with E-state index in [1.54, 1.807) is 11.2 Å². The Hall–Kier alpha value is -0.660. The fraction of sp³-hybridized carbons (Fsp3) is 0.929. The average Bonchev–Trinajstić information content (AvgIpc) is 3.06. The van der Waals surface area contributed by atoms with Crippen LogP contribution in [0.3, 0.4) is 0 Å². The number of carbonyl (C=O) groups excluding carboxylic acids is 1. The minimum absolute atomic E-state index is 0.136. The summed E-state index contributed by atoms with van der Waals surface area (Å²) in [6, 6.07) is 0.220. The molecule has 0 radical (unpaired) electrons. The van der Waals surface area contributed by atoms with Gasteiger partial charge in [-0.25, -0.2) is 8.42 Å². The Morgan fingerprint density at radius 1 is 1.38 bits per heavy atom. The standard InChI is InChI=1S/C14H24N2O4S/c1-2-21(18,19)15-8-6-14(11-15)10-12(5-9-20-14)16-7-3-4-13(16)17/h12H,2-11H2,1H3/t12-,14-/m1/s1. The second-order valence-corrected chi connectivity index (χ2v) is 8.61. The maximum atomic E-state index is 12.0. The van der Waals surface area contributed by atoms with Crippen molar-refractivity contribution in [1.29, 1.82) is 0 Å². The number of ether oxygens (including phenoxy) is 1. The first kappa shape index (κ1) is 15.2. The zero-order chi connectivity index (χ0) is 15.1. The van der Waals surface area contributed by atoms with E-state index in [0.29, 0.717) is 26.1 Å². The Kier molecular flexibility index (Phi) is 4.00. The maximum absolute atomic E-state index is 12.0. The zero-order valence-corrected chi connectivity index (χ0v) is 13.4. The molecule has 0 aromatic heterocycles. The van der Waals surface area contributed by atoms with E-state index < -0.39 is 10.0 Å². The Morgan fingerprint density at radius 3 is 2.86 bits per heavy atom. The predicted octanol–water partition coefficient (Wildman–Crippen LogP) is 0.582. The van der Waals surface area contributed by atoms with Crippen LogP contribution in [0.4, 0.5) is 0 Å². The largest absolute Gasteiger partial charge is 0.373 e. The van der Waals surface area contributed by atoms with Crippen LogP contribution in [-0.4, -0.2) is 67.2 Å². The number of likely N-dealkylation sites (tertiary alicyclic amines) is 1. The minimum atomic E-state index is -3.15. The van der Waals surface area contributed by atoms with Crippen molar-refractivity contribution in [3.63, 3.8) is 0 Å². The van der Waals surface area contributed by atoms with Crippen molar-refractivity contribution >= 4 is 15.9 Å². The lowest BCUT2D eigenvalue weighted by molar-refractivity contribution is -0.137. The van der Waals surface area contributed by atoms with Gasteiger partial charge in [0.05, 0.1) is 11.4 Å². The molecular weight excluding hydrogens is 292 g/mol. The summed E-state index contributed by atoms with van der Waals surface area (Å²) in [5.41, 5.74) is -0.381. The van der Waals surface area contributed by atoms with E-state index in [4.69, 9.17) is 4.74 Å². The molecule has 3 aliphatic rings. The van der Waals surface area contributed by atoms with Gasteiger partial charge in [0.25, 0.3) is 0 Å². The van der Waals surface area contributed by atoms with E-state index in [1.165, 1.54) is 0 Å². The molecule has 3 rings (SSSR count). The van der Waals surface area contributed by atoms with Gasteiger partial charge in [-0.15, -0.1) is 0 Å². The number of carbonyl (C=O) groups is 1. The van der Waals surface area contributed by atoms with Crippen molar-refractivity contribution in [2.24, 2.45) is 0 Å². The molecule has 6 nitrogen and oxygen atoms in total. The van der Waals surface area contributed by atoms with Crippen molar-refractivity contribution < 1.29 is 17.9 Å². The molecule has 7 heteroatoms. The lowest BCUT2D eigenvalue weighted by atomic mass is 9.89. The van der Waals surface area contributed by atoms with E-state index in [0.717, 1.165) is 32.2 Å². The van der Waals surface area contributed by atoms with Crippen LogP contribution in [0.5, 0.6) is 0 Å². The Labute approximate surface area is 126 Å². The summed E-state index contributed by atoms with van der Waals surface area (Å²) in [6.07, 6.45) is 3.98. The van der Waals surface area contributed by atoms with Crippen LogP contribution in [0.25, 0.3) is 0 Å². The fourth-order valence-corrected chi connectivity index (χ4v) is 5.00. The van der Waals surface area contributed by atoms with Crippen LogP contribution >= 0.6 is 0 Å². The van der Waals surface area contributed by atoms with Gasteiger partial charge in [0, 0.05) is 38.7 Å². The molecule has 0 aromatic carbocycles. The molecule has 0 aromatic rings. The highest BCUT2D eigenvalue weighted by Crippen LogP contribution is 2.37. The molecule has 120 valence electrons. The molecule has 3 heterocycles.